The Bertz CT molecular complexity index is 420. The molecule has 0 amide bonds. The Kier molecular flexibility index (Phi) is 4.94. The van der Waals surface area contributed by atoms with E-state index in [1.54, 1.807) is 0 Å². The standard InChI is InChI=1S/C13H14O4/c1-10(13(15)16-2)8-12(14)17-9-11-6-4-3-5-7-11/h3-8H,9H2,1-2H3. The first-order chi connectivity index (χ1) is 8.13. The molecule has 0 bridgehead atoms. The van der Waals surface area contributed by atoms with E-state index in [4.69, 9.17) is 4.74 Å². The van der Waals surface area contributed by atoms with E-state index in [9.17, 15) is 9.59 Å². The van der Waals surface area contributed by atoms with E-state index in [1.807, 2.05) is 30.3 Å². The van der Waals surface area contributed by atoms with Gasteiger partial charge in [-0.1, -0.05) is 30.3 Å². The smallest absolute Gasteiger partial charge is 0.333 e. The van der Waals surface area contributed by atoms with Crippen molar-refractivity contribution in [2.24, 2.45) is 0 Å². The first kappa shape index (κ1) is 13.0. The Hall–Kier alpha value is -2.10. The summed E-state index contributed by atoms with van der Waals surface area (Å²) < 4.78 is 9.43. The molecule has 0 spiro atoms. The van der Waals surface area contributed by atoms with Gasteiger partial charge in [0.1, 0.15) is 6.61 Å². The van der Waals surface area contributed by atoms with Crippen LogP contribution in [0.5, 0.6) is 0 Å². The molecule has 0 unspecified atom stereocenters. The molecule has 0 saturated carbocycles. The van der Waals surface area contributed by atoms with Crippen LogP contribution in [0.15, 0.2) is 42.0 Å². The van der Waals surface area contributed by atoms with Gasteiger partial charge in [0.25, 0.3) is 0 Å². The first-order valence-corrected chi connectivity index (χ1v) is 5.11. The summed E-state index contributed by atoms with van der Waals surface area (Å²) in [6.07, 6.45) is 1.12. The van der Waals surface area contributed by atoms with Gasteiger partial charge in [0.05, 0.1) is 7.11 Å². The highest BCUT2D eigenvalue weighted by Gasteiger charge is 2.07. The molecule has 0 radical (unpaired) electrons. The number of esters is 2. The van der Waals surface area contributed by atoms with E-state index in [0.29, 0.717) is 0 Å². The zero-order valence-corrected chi connectivity index (χ0v) is 9.80. The van der Waals surface area contributed by atoms with Crippen LogP contribution in [-0.2, 0) is 25.7 Å². The molecule has 0 aliphatic rings. The van der Waals surface area contributed by atoms with Gasteiger partial charge in [0.2, 0.25) is 0 Å². The van der Waals surface area contributed by atoms with Crippen LogP contribution in [0.25, 0.3) is 0 Å². The predicted octanol–water partition coefficient (Wildman–Crippen LogP) is 1.85. The number of rotatable bonds is 4. The second-order valence-electron chi connectivity index (χ2n) is 3.41. The van der Waals surface area contributed by atoms with Crippen molar-refractivity contribution in [3.63, 3.8) is 0 Å². The fourth-order valence-corrected chi connectivity index (χ4v) is 1.17. The lowest BCUT2D eigenvalue weighted by Crippen LogP contribution is -2.07. The van der Waals surface area contributed by atoms with Crippen molar-refractivity contribution in [2.45, 2.75) is 13.5 Å². The van der Waals surface area contributed by atoms with Crippen molar-refractivity contribution < 1.29 is 19.1 Å². The molecule has 0 saturated heterocycles. The number of carbonyl (C=O) groups excluding carboxylic acids is 2. The molecule has 0 heterocycles. The Morgan fingerprint density at radius 3 is 2.47 bits per heavy atom. The number of hydrogen-bond donors (Lipinski definition) is 0. The fraction of sp³-hybridized carbons (Fsp3) is 0.231. The minimum atomic E-state index is -0.559. The molecule has 17 heavy (non-hydrogen) atoms. The van der Waals surface area contributed by atoms with Gasteiger partial charge >= 0.3 is 11.9 Å². The molecule has 0 N–H and O–H groups in total. The third-order valence-electron chi connectivity index (χ3n) is 2.07. The molecule has 1 aromatic rings. The molecule has 0 aromatic heterocycles. The van der Waals surface area contributed by atoms with Crippen molar-refractivity contribution in [3.05, 3.63) is 47.5 Å². The van der Waals surface area contributed by atoms with Gasteiger partial charge < -0.3 is 9.47 Å². The molecule has 4 nitrogen and oxygen atoms in total. The van der Waals surface area contributed by atoms with E-state index in [0.717, 1.165) is 11.6 Å². The Morgan fingerprint density at radius 1 is 1.24 bits per heavy atom. The molecule has 1 aromatic carbocycles. The summed E-state index contributed by atoms with van der Waals surface area (Å²) >= 11 is 0. The normalized spacial score (nSPS) is 10.8. The van der Waals surface area contributed by atoms with Crippen LogP contribution in [0.3, 0.4) is 0 Å². The molecule has 1 rings (SSSR count). The highest BCUT2D eigenvalue weighted by Crippen LogP contribution is 2.02. The largest absolute Gasteiger partial charge is 0.466 e. The van der Waals surface area contributed by atoms with Gasteiger partial charge in [-0.3, -0.25) is 0 Å². The van der Waals surface area contributed by atoms with Crippen molar-refractivity contribution >= 4 is 11.9 Å². The summed E-state index contributed by atoms with van der Waals surface area (Å²) in [5, 5.41) is 0. The Morgan fingerprint density at radius 2 is 1.88 bits per heavy atom. The number of benzene rings is 1. The molecular formula is C13H14O4. The Labute approximate surface area is 99.8 Å². The first-order valence-electron chi connectivity index (χ1n) is 5.11. The highest BCUT2D eigenvalue weighted by molar-refractivity contribution is 5.95. The third kappa shape index (κ3) is 4.51. The summed E-state index contributed by atoms with van der Waals surface area (Å²) in [5.74, 6) is -1.10. The predicted molar refractivity (Wildman–Crippen MR) is 62.0 cm³/mol. The van der Waals surface area contributed by atoms with Crippen LogP contribution in [0, 0.1) is 0 Å². The Balaban J connectivity index is 2.48. The summed E-state index contributed by atoms with van der Waals surface area (Å²) in [4.78, 5) is 22.4. The second kappa shape index (κ2) is 6.48. The van der Waals surface area contributed by atoms with E-state index in [1.165, 1.54) is 14.0 Å². The van der Waals surface area contributed by atoms with Crippen LogP contribution < -0.4 is 0 Å². The lowest BCUT2D eigenvalue weighted by Gasteiger charge is -2.02. The maximum absolute atomic E-state index is 11.3. The van der Waals surface area contributed by atoms with Crippen molar-refractivity contribution in [3.8, 4) is 0 Å². The van der Waals surface area contributed by atoms with Crippen molar-refractivity contribution in [1.29, 1.82) is 0 Å². The van der Waals surface area contributed by atoms with E-state index in [-0.39, 0.29) is 12.2 Å². The third-order valence-corrected chi connectivity index (χ3v) is 2.07. The number of carbonyl (C=O) groups is 2. The quantitative estimate of drug-likeness (QED) is 0.589. The van der Waals surface area contributed by atoms with Crippen LogP contribution in [-0.4, -0.2) is 19.0 Å². The summed E-state index contributed by atoms with van der Waals surface area (Å²) in [6.45, 7) is 1.68. The van der Waals surface area contributed by atoms with Crippen molar-refractivity contribution in [2.75, 3.05) is 7.11 Å². The topological polar surface area (TPSA) is 52.6 Å². The zero-order chi connectivity index (χ0) is 12.7. The molecule has 0 atom stereocenters. The van der Waals surface area contributed by atoms with Gasteiger partial charge in [-0.25, -0.2) is 9.59 Å². The molecule has 0 aliphatic carbocycles. The number of ether oxygens (including phenoxy) is 2. The number of methoxy groups -OCH3 is 1. The van der Waals surface area contributed by atoms with Crippen molar-refractivity contribution in [1.82, 2.24) is 0 Å². The average molecular weight is 234 g/mol. The SMILES string of the molecule is COC(=O)C(C)=CC(=O)OCc1ccccc1. The van der Waals surface area contributed by atoms with Gasteiger partial charge in [-0.05, 0) is 12.5 Å². The average Bonchev–Trinajstić information content (AvgIpc) is 2.36. The zero-order valence-electron chi connectivity index (χ0n) is 9.80. The van der Waals surface area contributed by atoms with Gasteiger partial charge in [-0.2, -0.15) is 0 Å². The van der Waals surface area contributed by atoms with E-state index >= 15 is 0 Å². The minimum Gasteiger partial charge on any atom is -0.466 e. The molecule has 0 aliphatic heterocycles. The molecule has 0 fully saturated rings. The molecule has 4 heteroatoms. The fourth-order valence-electron chi connectivity index (χ4n) is 1.17. The van der Waals surface area contributed by atoms with Crippen LogP contribution in [0.2, 0.25) is 0 Å². The molecular weight excluding hydrogens is 220 g/mol. The summed E-state index contributed by atoms with van der Waals surface area (Å²) in [7, 11) is 1.26. The van der Waals surface area contributed by atoms with Gasteiger partial charge in [0, 0.05) is 11.6 Å². The highest BCUT2D eigenvalue weighted by atomic mass is 16.5. The van der Waals surface area contributed by atoms with E-state index < -0.39 is 11.9 Å². The summed E-state index contributed by atoms with van der Waals surface area (Å²) in [6, 6.07) is 9.30. The maximum atomic E-state index is 11.3. The van der Waals surface area contributed by atoms with Crippen LogP contribution >= 0.6 is 0 Å². The number of hydrogen-bond acceptors (Lipinski definition) is 4. The van der Waals surface area contributed by atoms with E-state index in [2.05, 4.69) is 4.74 Å². The van der Waals surface area contributed by atoms with Gasteiger partial charge in [-0.15, -0.1) is 0 Å². The lowest BCUT2D eigenvalue weighted by molar-refractivity contribution is -0.140. The van der Waals surface area contributed by atoms with Gasteiger partial charge in [0.15, 0.2) is 0 Å². The maximum Gasteiger partial charge on any atom is 0.333 e. The summed E-state index contributed by atoms with van der Waals surface area (Å²) in [5.41, 5.74) is 1.11. The lowest BCUT2D eigenvalue weighted by atomic mass is 10.2. The molecule has 90 valence electrons. The van der Waals surface area contributed by atoms with Crippen LogP contribution in [0.1, 0.15) is 12.5 Å². The monoisotopic (exact) mass is 234 g/mol. The minimum absolute atomic E-state index is 0.185. The second-order valence-corrected chi connectivity index (χ2v) is 3.41. The van der Waals surface area contributed by atoms with Crippen LogP contribution in [0.4, 0.5) is 0 Å².